The van der Waals surface area contributed by atoms with Gasteiger partial charge in [0.1, 0.15) is 0 Å². The molecule has 1 unspecified atom stereocenters. The van der Waals surface area contributed by atoms with Crippen molar-refractivity contribution in [2.75, 3.05) is 17.2 Å². The van der Waals surface area contributed by atoms with E-state index in [1.54, 1.807) is 12.1 Å². The molecule has 2 aromatic rings. The van der Waals surface area contributed by atoms with Gasteiger partial charge in [0.2, 0.25) is 0 Å². The van der Waals surface area contributed by atoms with Gasteiger partial charge in [0.05, 0.1) is 11.1 Å². The minimum atomic E-state index is -0.0630. The van der Waals surface area contributed by atoms with Gasteiger partial charge in [-0.1, -0.05) is 83.6 Å². The Labute approximate surface area is 193 Å². The van der Waals surface area contributed by atoms with Crippen LogP contribution in [0.3, 0.4) is 0 Å². The van der Waals surface area contributed by atoms with E-state index in [2.05, 4.69) is 31.4 Å². The molecule has 32 heavy (non-hydrogen) atoms. The predicted molar refractivity (Wildman–Crippen MR) is 134 cm³/mol. The Balaban J connectivity index is 1.88. The highest BCUT2D eigenvalue weighted by Gasteiger charge is 2.33. The molecule has 0 saturated heterocycles. The summed E-state index contributed by atoms with van der Waals surface area (Å²) in [6.07, 6.45) is 10.2. The topological polar surface area (TPSA) is 58.2 Å². The molecule has 1 aliphatic rings. The van der Waals surface area contributed by atoms with Crippen LogP contribution in [-0.2, 0) is 0 Å². The first-order valence-electron chi connectivity index (χ1n) is 12.5. The lowest BCUT2D eigenvalue weighted by atomic mass is 9.82. The summed E-state index contributed by atoms with van der Waals surface area (Å²) in [5.74, 6) is -0.121. The average Bonchev–Trinajstić information content (AvgIpc) is 2.81. The molecule has 1 aliphatic carbocycles. The molecule has 4 heteroatoms. The molecule has 0 bridgehead atoms. The van der Waals surface area contributed by atoms with E-state index in [4.69, 9.17) is 0 Å². The minimum absolute atomic E-state index is 0.0576. The SMILES string of the molecule is CCCCCCNc1cccc2c1C(=O)c1c(NC(CC)CCCCC)cccc1C2=O. The lowest BCUT2D eigenvalue weighted by molar-refractivity contribution is 0.0980. The maximum absolute atomic E-state index is 13.7. The van der Waals surface area contributed by atoms with E-state index >= 15 is 0 Å². The summed E-state index contributed by atoms with van der Waals surface area (Å²) in [4.78, 5) is 27.1. The molecule has 2 N–H and O–H groups in total. The number of carbonyl (C=O) groups excluding carboxylic acids is 2. The van der Waals surface area contributed by atoms with Gasteiger partial charge in [-0.2, -0.15) is 0 Å². The lowest BCUT2D eigenvalue weighted by Gasteiger charge is -2.25. The molecule has 3 rings (SSSR count). The highest BCUT2D eigenvalue weighted by molar-refractivity contribution is 6.31. The van der Waals surface area contributed by atoms with Crippen LogP contribution in [0.15, 0.2) is 36.4 Å². The van der Waals surface area contributed by atoms with E-state index in [1.807, 2.05) is 24.3 Å². The number of hydrogen-bond donors (Lipinski definition) is 2. The Morgan fingerprint density at radius 3 is 2.00 bits per heavy atom. The molecular weight excluding hydrogens is 396 g/mol. The van der Waals surface area contributed by atoms with Crippen LogP contribution in [0.2, 0.25) is 0 Å². The van der Waals surface area contributed by atoms with Gasteiger partial charge in [0.25, 0.3) is 0 Å². The van der Waals surface area contributed by atoms with Crippen LogP contribution in [0.1, 0.15) is 110 Å². The Morgan fingerprint density at radius 1 is 0.719 bits per heavy atom. The van der Waals surface area contributed by atoms with Crippen LogP contribution in [0.4, 0.5) is 11.4 Å². The van der Waals surface area contributed by atoms with E-state index < -0.39 is 0 Å². The monoisotopic (exact) mass is 434 g/mol. The standard InChI is InChI=1S/C28H38N2O2/c1-4-7-9-11-19-29-23-17-12-15-21-25(23)28(32)26-22(27(21)31)16-13-18-24(26)30-20(6-3)14-10-8-5-2/h12-13,15-18,20,29-30H,4-11,14,19H2,1-3H3. The summed E-state index contributed by atoms with van der Waals surface area (Å²) < 4.78 is 0. The van der Waals surface area contributed by atoms with Gasteiger partial charge in [-0.05, 0) is 31.4 Å². The molecule has 1 atom stereocenters. The maximum Gasteiger partial charge on any atom is 0.198 e. The lowest BCUT2D eigenvalue weighted by Crippen LogP contribution is -2.26. The summed E-state index contributed by atoms with van der Waals surface area (Å²) in [5, 5.41) is 7.02. The Morgan fingerprint density at radius 2 is 1.34 bits per heavy atom. The second-order valence-corrected chi connectivity index (χ2v) is 8.85. The normalized spacial score (nSPS) is 13.5. The number of nitrogens with one attached hydrogen (secondary N) is 2. The van der Waals surface area contributed by atoms with Crippen molar-refractivity contribution < 1.29 is 9.59 Å². The van der Waals surface area contributed by atoms with Crippen molar-refractivity contribution in [1.82, 2.24) is 0 Å². The fourth-order valence-electron chi connectivity index (χ4n) is 4.52. The number of unbranched alkanes of at least 4 members (excludes halogenated alkanes) is 5. The molecule has 0 saturated carbocycles. The molecule has 0 radical (unpaired) electrons. The van der Waals surface area contributed by atoms with Crippen LogP contribution in [0.5, 0.6) is 0 Å². The third kappa shape index (κ3) is 5.40. The molecule has 0 fully saturated rings. The van der Waals surface area contributed by atoms with Crippen molar-refractivity contribution >= 4 is 22.9 Å². The first kappa shape index (κ1) is 24.0. The first-order chi connectivity index (χ1) is 15.6. The third-order valence-electron chi connectivity index (χ3n) is 6.43. The number of ketones is 2. The average molecular weight is 435 g/mol. The molecule has 0 aromatic heterocycles. The molecule has 0 spiro atoms. The largest absolute Gasteiger partial charge is 0.384 e. The summed E-state index contributed by atoms with van der Waals surface area (Å²) >= 11 is 0. The van der Waals surface area contributed by atoms with Gasteiger partial charge in [-0.25, -0.2) is 0 Å². The number of anilines is 2. The Hall–Kier alpha value is -2.62. The number of carbonyl (C=O) groups is 2. The zero-order valence-corrected chi connectivity index (χ0v) is 19.9. The van der Waals surface area contributed by atoms with Gasteiger partial charge in [0, 0.05) is 35.1 Å². The zero-order chi connectivity index (χ0) is 22.9. The van der Waals surface area contributed by atoms with E-state index in [-0.39, 0.29) is 11.6 Å². The predicted octanol–water partition coefficient (Wildman–Crippen LogP) is 7.23. The van der Waals surface area contributed by atoms with Gasteiger partial charge in [-0.15, -0.1) is 0 Å². The second kappa shape index (κ2) is 11.8. The molecule has 0 aliphatic heterocycles. The van der Waals surface area contributed by atoms with Crippen LogP contribution in [0.25, 0.3) is 0 Å². The third-order valence-corrected chi connectivity index (χ3v) is 6.43. The smallest absolute Gasteiger partial charge is 0.198 e. The van der Waals surface area contributed by atoms with Crippen LogP contribution >= 0.6 is 0 Å². The molecule has 2 aromatic carbocycles. The van der Waals surface area contributed by atoms with Crippen molar-refractivity contribution in [1.29, 1.82) is 0 Å². The van der Waals surface area contributed by atoms with E-state index in [0.29, 0.717) is 28.3 Å². The number of fused-ring (bicyclic) bond motifs is 2. The number of hydrogen-bond acceptors (Lipinski definition) is 4. The van der Waals surface area contributed by atoms with E-state index in [0.717, 1.165) is 37.2 Å². The van der Waals surface area contributed by atoms with E-state index in [9.17, 15) is 9.59 Å². The summed E-state index contributed by atoms with van der Waals surface area (Å²) in [7, 11) is 0. The summed E-state index contributed by atoms with van der Waals surface area (Å²) in [6.45, 7) is 7.38. The van der Waals surface area contributed by atoms with Gasteiger partial charge < -0.3 is 10.6 Å². The van der Waals surface area contributed by atoms with E-state index in [1.165, 1.54) is 38.5 Å². The van der Waals surface area contributed by atoms with Gasteiger partial charge >= 0.3 is 0 Å². The molecule has 4 nitrogen and oxygen atoms in total. The van der Waals surface area contributed by atoms with Crippen LogP contribution in [-0.4, -0.2) is 24.2 Å². The molecule has 0 heterocycles. The van der Waals surface area contributed by atoms with Crippen molar-refractivity contribution in [3.63, 3.8) is 0 Å². The number of rotatable bonds is 13. The van der Waals surface area contributed by atoms with Gasteiger partial charge in [0.15, 0.2) is 11.6 Å². The molecular formula is C28H38N2O2. The van der Waals surface area contributed by atoms with Crippen molar-refractivity contribution in [3.8, 4) is 0 Å². The van der Waals surface area contributed by atoms with Crippen molar-refractivity contribution in [3.05, 3.63) is 58.7 Å². The summed E-state index contributed by atoms with van der Waals surface area (Å²) in [5.41, 5.74) is 3.62. The van der Waals surface area contributed by atoms with Crippen LogP contribution < -0.4 is 10.6 Å². The fraction of sp³-hybridized carbons (Fsp3) is 0.500. The Kier molecular flexibility index (Phi) is 8.90. The zero-order valence-electron chi connectivity index (χ0n) is 19.9. The van der Waals surface area contributed by atoms with Gasteiger partial charge in [-0.3, -0.25) is 9.59 Å². The van der Waals surface area contributed by atoms with Crippen molar-refractivity contribution in [2.24, 2.45) is 0 Å². The maximum atomic E-state index is 13.7. The molecule has 172 valence electrons. The summed E-state index contributed by atoms with van der Waals surface area (Å²) in [6, 6.07) is 11.5. The Bertz CT molecular complexity index is 935. The van der Waals surface area contributed by atoms with Crippen LogP contribution in [0, 0.1) is 0 Å². The fourth-order valence-corrected chi connectivity index (χ4v) is 4.52. The second-order valence-electron chi connectivity index (χ2n) is 8.85. The molecule has 0 amide bonds. The highest BCUT2D eigenvalue weighted by atomic mass is 16.1. The quantitative estimate of drug-likeness (QED) is 0.279. The minimum Gasteiger partial charge on any atom is -0.384 e. The highest BCUT2D eigenvalue weighted by Crippen LogP contribution is 2.36. The van der Waals surface area contributed by atoms with Crippen molar-refractivity contribution in [2.45, 2.75) is 84.6 Å². The first-order valence-corrected chi connectivity index (χ1v) is 12.5. The number of benzene rings is 2.